The van der Waals surface area contributed by atoms with Crippen LogP contribution in [-0.2, 0) is 10.0 Å². The van der Waals surface area contributed by atoms with Gasteiger partial charge in [-0.25, -0.2) is 12.8 Å². The molecule has 2 aromatic carbocycles. The van der Waals surface area contributed by atoms with Crippen LogP contribution >= 0.6 is 27.7 Å². The summed E-state index contributed by atoms with van der Waals surface area (Å²) in [6.45, 7) is 0. The summed E-state index contributed by atoms with van der Waals surface area (Å²) in [7, 11) is -3.88. The lowest BCUT2D eigenvalue weighted by molar-refractivity contribution is 0.599. The first-order chi connectivity index (χ1) is 9.83. The van der Waals surface area contributed by atoms with Gasteiger partial charge >= 0.3 is 0 Å². The topological polar surface area (TPSA) is 72.2 Å². The molecule has 0 aliphatic rings. The zero-order valence-corrected chi connectivity index (χ0v) is 14.1. The van der Waals surface area contributed by atoms with E-state index < -0.39 is 15.8 Å². The van der Waals surface area contributed by atoms with Gasteiger partial charge in [-0.3, -0.25) is 4.72 Å². The van der Waals surface area contributed by atoms with Crippen LogP contribution in [0.15, 0.2) is 50.7 Å². The van der Waals surface area contributed by atoms with E-state index in [-0.39, 0.29) is 15.1 Å². The Labute approximate surface area is 135 Å². The van der Waals surface area contributed by atoms with Crippen molar-refractivity contribution in [2.75, 3.05) is 16.7 Å². The van der Waals surface area contributed by atoms with Crippen LogP contribution in [0.2, 0.25) is 0 Å². The van der Waals surface area contributed by atoms with Crippen LogP contribution in [0.1, 0.15) is 0 Å². The van der Waals surface area contributed by atoms with Crippen molar-refractivity contribution in [2.24, 2.45) is 0 Å². The number of anilines is 2. The summed E-state index contributed by atoms with van der Waals surface area (Å²) < 4.78 is 40.4. The molecule has 3 N–H and O–H groups in total. The molecule has 0 radical (unpaired) electrons. The molecular weight excluding hydrogens is 379 g/mol. The summed E-state index contributed by atoms with van der Waals surface area (Å²) in [5, 5.41) is 0. The lowest BCUT2D eigenvalue weighted by Crippen LogP contribution is -2.15. The fourth-order valence-corrected chi connectivity index (χ4v) is 3.75. The molecular formula is C13H12BrFN2O2S2. The fraction of sp³-hybridized carbons (Fsp3) is 0.0769. The molecule has 2 rings (SSSR count). The summed E-state index contributed by atoms with van der Waals surface area (Å²) in [6.07, 6.45) is 1.93. The van der Waals surface area contributed by atoms with Gasteiger partial charge in [0.1, 0.15) is 10.7 Å². The third-order valence-corrected chi connectivity index (χ3v) is 5.47. The van der Waals surface area contributed by atoms with Crippen LogP contribution in [0.5, 0.6) is 0 Å². The highest BCUT2D eigenvalue weighted by atomic mass is 79.9. The Bertz CT molecular complexity index is 764. The Morgan fingerprint density at radius 2 is 1.86 bits per heavy atom. The smallest absolute Gasteiger partial charge is 0.263 e. The highest BCUT2D eigenvalue weighted by molar-refractivity contribution is 9.10. The van der Waals surface area contributed by atoms with Gasteiger partial charge in [0.2, 0.25) is 0 Å². The molecule has 2 aromatic rings. The zero-order valence-electron chi connectivity index (χ0n) is 10.9. The molecule has 0 saturated heterocycles. The Morgan fingerprint density at radius 3 is 2.43 bits per heavy atom. The molecule has 0 atom stereocenters. The standard InChI is InChI=1S/C13H12BrFN2O2S2/c1-20-9-4-2-8(3-5-9)17-21(18,19)13-6-10(14)11(15)7-12(13)16/h2-7,17H,16H2,1H3. The van der Waals surface area contributed by atoms with Crippen LogP contribution in [-0.4, -0.2) is 14.7 Å². The number of nitrogens with one attached hydrogen (secondary N) is 1. The number of sulfonamides is 1. The average molecular weight is 391 g/mol. The molecule has 8 heteroatoms. The van der Waals surface area contributed by atoms with Gasteiger partial charge in [-0.15, -0.1) is 11.8 Å². The minimum absolute atomic E-state index is 0.0369. The van der Waals surface area contributed by atoms with Crippen molar-refractivity contribution in [3.8, 4) is 0 Å². The van der Waals surface area contributed by atoms with E-state index >= 15 is 0 Å². The molecule has 4 nitrogen and oxygen atoms in total. The number of benzene rings is 2. The number of nitrogens with two attached hydrogens (primary N) is 1. The Hall–Kier alpha value is -1.25. The van der Waals surface area contributed by atoms with E-state index in [0.717, 1.165) is 17.0 Å². The van der Waals surface area contributed by atoms with Crippen molar-refractivity contribution in [3.63, 3.8) is 0 Å². The number of hydrogen-bond donors (Lipinski definition) is 2. The predicted molar refractivity (Wildman–Crippen MR) is 87.5 cm³/mol. The maximum Gasteiger partial charge on any atom is 0.263 e. The molecule has 0 bridgehead atoms. The largest absolute Gasteiger partial charge is 0.398 e. The second kappa shape index (κ2) is 6.25. The van der Waals surface area contributed by atoms with Gasteiger partial charge in [0.05, 0.1) is 10.2 Å². The summed E-state index contributed by atoms with van der Waals surface area (Å²) in [6, 6.07) is 9.01. The van der Waals surface area contributed by atoms with E-state index in [2.05, 4.69) is 20.7 Å². The van der Waals surface area contributed by atoms with Gasteiger partial charge < -0.3 is 5.73 Å². The molecule has 112 valence electrons. The summed E-state index contributed by atoms with van der Waals surface area (Å²) in [5.41, 5.74) is 5.85. The first kappa shape index (κ1) is 16.1. The van der Waals surface area contributed by atoms with Crippen molar-refractivity contribution < 1.29 is 12.8 Å². The van der Waals surface area contributed by atoms with Crippen LogP contribution in [0.4, 0.5) is 15.8 Å². The molecule has 0 aliphatic carbocycles. The molecule has 0 saturated carbocycles. The Morgan fingerprint density at radius 1 is 1.24 bits per heavy atom. The number of thioether (sulfide) groups is 1. The SMILES string of the molecule is CSc1ccc(NS(=O)(=O)c2cc(Br)c(F)cc2N)cc1. The van der Waals surface area contributed by atoms with Crippen molar-refractivity contribution in [1.29, 1.82) is 0 Å². The molecule has 0 fully saturated rings. The van der Waals surface area contributed by atoms with Gasteiger partial charge in [-0.05, 0) is 58.6 Å². The molecule has 0 aromatic heterocycles. The summed E-state index contributed by atoms with van der Waals surface area (Å²) >= 11 is 4.50. The van der Waals surface area contributed by atoms with Crippen molar-refractivity contribution in [3.05, 3.63) is 46.7 Å². The molecule has 0 heterocycles. The van der Waals surface area contributed by atoms with Crippen LogP contribution in [0, 0.1) is 5.82 Å². The minimum Gasteiger partial charge on any atom is -0.398 e. The zero-order chi connectivity index (χ0) is 15.6. The number of halogens is 2. The summed E-state index contributed by atoms with van der Waals surface area (Å²) in [4.78, 5) is 0.840. The fourth-order valence-electron chi connectivity index (χ4n) is 1.65. The maximum absolute atomic E-state index is 13.3. The first-order valence-electron chi connectivity index (χ1n) is 5.75. The second-order valence-corrected chi connectivity index (χ2v) is 7.52. The van der Waals surface area contributed by atoms with Crippen LogP contribution in [0.25, 0.3) is 0 Å². The van der Waals surface area contributed by atoms with Gasteiger partial charge in [0.15, 0.2) is 0 Å². The van der Waals surface area contributed by atoms with E-state index in [4.69, 9.17) is 5.73 Å². The van der Waals surface area contributed by atoms with Gasteiger partial charge in [0.25, 0.3) is 10.0 Å². The van der Waals surface area contributed by atoms with E-state index in [1.807, 2.05) is 6.26 Å². The molecule has 0 aliphatic heterocycles. The van der Waals surface area contributed by atoms with Gasteiger partial charge in [-0.2, -0.15) is 0 Å². The lowest BCUT2D eigenvalue weighted by Gasteiger charge is -2.11. The minimum atomic E-state index is -3.88. The highest BCUT2D eigenvalue weighted by Crippen LogP contribution is 2.28. The monoisotopic (exact) mass is 390 g/mol. The van der Waals surface area contributed by atoms with Gasteiger partial charge in [-0.1, -0.05) is 0 Å². The molecule has 0 spiro atoms. The average Bonchev–Trinajstić information content (AvgIpc) is 2.43. The van der Waals surface area contributed by atoms with Crippen molar-refractivity contribution in [2.45, 2.75) is 9.79 Å². The molecule has 21 heavy (non-hydrogen) atoms. The quantitative estimate of drug-likeness (QED) is 0.616. The second-order valence-electron chi connectivity index (χ2n) is 4.14. The normalized spacial score (nSPS) is 11.4. The number of nitrogen functional groups attached to an aromatic ring is 1. The van der Waals surface area contributed by atoms with E-state index in [9.17, 15) is 12.8 Å². The lowest BCUT2D eigenvalue weighted by atomic mass is 10.3. The molecule has 0 unspecified atom stereocenters. The van der Waals surface area contributed by atoms with E-state index in [1.54, 1.807) is 36.0 Å². The number of rotatable bonds is 4. The predicted octanol–water partition coefficient (Wildman–Crippen LogP) is 3.69. The number of hydrogen-bond acceptors (Lipinski definition) is 4. The third-order valence-electron chi connectivity index (χ3n) is 2.68. The molecule has 0 amide bonds. The third kappa shape index (κ3) is 3.69. The van der Waals surface area contributed by atoms with Gasteiger partial charge in [0, 0.05) is 10.6 Å². The van der Waals surface area contributed by atoms with E-state index in [0.29, 0.717) is 5.69 Å². The van der Waals surface area contributed by atoms with Crippen molar-refractivity contribution in [1.82, 2.24) is 0 Å². The van der Waals surface area contributed by atoms with E-state index in [1.165, 1.54) is 0 Å². The van der Waals surface area contributed by atoms with Crippen LogP contribution in [0.3, 0.4) is 0 Å². The Balaban J connectivity index is 2.35. The van der Waals surface area contributed by atoms with Crippen molar-refractivity contribution >= 4 is 49.1 Å². The highest BCUT2D eigenvalue weighted by Gasteiger charge is 2.19. The summed E-state index contributed by atoms with van der Waals surface area (Å²) in [5.74, 6) is -0.615. The maximum atomic E-state index is 13.3. The Kier molecular flexibility index (Phi) is 4.80. The first-order valence-corrected chi connectivity index (χ1v) is 9.25. The van der Waals surface area contributed by atoms with Crippen LogP contribution < -0.4 is 10.5 Å².